The molecule has 1 heterocycles. The number of imide groups is 1. The van der Waals surface area contributed by atoms with E-state index in [1.54, 1.807) is 48.5 Å². The van der Waals surface area contributed by atoms with E-state index in [1.165, 1.54) is 0 Å². The van der Waals surface area contributed by atoms with Gasteiger partial charge in [0.15, 0.2) is 5.75 Å². The molecule has 0 aromatic heterocycles. The predicted octanol–water partition coefficient (Wildman–Crippen LogP) is 4.36. The number of carbonyl (C=O) groups is 3. The van der Waals surface area contributed by atoms with E-state index in [9.17, 15) is 14.4 Å². The second-order valence-corrected chi connectivity index (χ2v) is 6.24. The van der Waals surface area contributed by atoms with Crippen molar-refractivity contribution >= 4 is 23.5 Å². The van der Waals surface area contributed by atoms with Gasteiger partial charge < -0.3 is 4.74 Å². The summed E-state index contributed by atoms with van der Waals surface area (Å²) in [6.45, 7) is 2.11. The molecule has 0 atom stereocenters. The molecule has 0 saturated carbocycles. The molecule has 0 spiro atoms. The van der Waals surface area contributed by atoms with Crippen molar-refractivity contribution in [3.8, 4) is 5.75 Å². The lowest BCUT2D eigenvalue weighted by Crippen LogP contribution is -2.30. The third-order valence-corrected chi connectivity index (χ3v) is 4.36. The second kappa shape index (κ2) is 7.95. The standard InChI is InChI=1S/C21H21NO4/c1-2-3-4-5-14-19(23)26-18-13-9-8-12-17(18)22-20(24)15-10-6-7-11-16(15)21(22)25/h6-13H,2-5,14H2,1H3. The maximum absolute atomic E-state index is 12.7. The Kier molecular flexibility index (Phi) is 5.46. The van der Waals surface area contributed by atoms with Gasteiger partial charge in [0.05, 0.1) is 16.8 Å². The van der Waals surface area contributed by atoms with Crippen molar-refractivity contribution in [3.63, 3.8) is 0 Å². The first kappa shape index (κ1) is 17.9. The third kappa shape index (κ3) is 3.52. The largest absolute Gasteiger partial charge is 0.424 e. The highest BCUT2D eigenvalue weighted by Gasteiger charge is 2.37. The van der Waals surface area contributed by atoms with Crippen LogP contribution in [0, 0.1) is 0 Å². The number of hydrogen-bond acceptors (Lipinski definition) is 4. The number of fused-ring (bicyclic) bond motifs is 1. The smallest absolute Gasteiger partial charge is 0.311 e. The third-order valence-electron chi connectivity index (χ3n) is 4.36. The molecule has 0 bridgehead atoms. The molecule has 2 amide bonds. The summed E-state index contributed by atoms with van der Waals surface area (Å²) in [4.78, 5) is 38.5. The minimum atomic E-state index is -0.406. The number of anilines is 1. The number of nitrogens with zero attached hydrogens (tertiary/aromatic N) is 1. The highest BCUT2D eigenvalue weighted by molar-refractivity contribution is 6.34. The summed E-state index contributed by atoms with van der Waals surface area (Å²) in [5.74, 6) is -0.943. The number of para-hydroxylation sites is 2. The van der Waals surface area contributed by atoms with Gasteiger partial charge in [0, 0.05) is 6.42 Å². The molecule has 3 rings (SSSR count). The number of carbonyl (C=O) groups excluding carboxylic acids is 3. The molecule has 0 radical (unpaired) electrons. The van der Waals surface area contributed by atoms with E-state index >= 15 is 0 Å². The fourth-order valence-corrected chi connectivity index (χ4v) is 3.01. The van der Waals surface area contributed by atoms with E-state index in [-0.39, 0.29) is 11.7 Å². The van der Waals surface area contributed by atoms with Crippen molar-refractivity contribution in [2.45, 2.75) is 39.0 Å². The molecule has 0 N–H and O–H groups in total. The zero-order valence-corrected chi connectivity index (χ0v) is 14.7. The maximum Gasteiger partial charge on any atom is 0.311 e. The summed E-state index contributed by atoms with van der Waals surface area (Å²) in [6.07, 6.45) is 4.24. The summed E-state index contributed by atoms with van der Waals surface area (Å²) >= 11 is 0. The first-order valence-corrected chi connectivity index (χ1v) is 8.91. The normalized spacial score (nSPS) is 13.0. The lowest BCUT2D eigenvalue weighted by molar-refractivity contribution is -0.134. The van der Waals surface area contributed by atoms with Gasteiger partial charge in [-0.2, -0.15) is 0 Å². The monoisotopic (exact) mass is 351 g/mol. The second-order valence-electron chi connectivity index (χ2n) is 6.24. The van der Waals surface area contributed by atoms with Crippen LogP contribution in [0.15, 0.2) is 48.5 Å². The van der Waals surface area contributed by atoms with Crippen LogP contribution in [0.3, 0.4) is 0 Å². The number of ether oxygens (including phenoxy) is 1. The van der Waals surface area contributed by atoms with Crippen molar-refractivity contribution in [2.75, 3.05) is 4.90 Å². The van der Waals surface area contributed by atoms with Crippen LogP contribution >= 0.6 is 0 Å². The van der Waals surface area contributed by atoms with E-state index in [0.29, 0.717) is 23.2 Å². The van der Waals surface area contributed by atoms with E-state index < -0.39 is 11.8 Å². The summed E-state index contributed by atoms with van der Waals surface area (Å²) in [6, 6.07) is 13.3. The van der Waals surface area contributed by atoms with Gasteiger partial charge >= 0.3 is 5.97 Å². The van der Waals surface area contributed by atoms with Crippen molar-refractivity contribution in [3.05, 3.63) is 59.7 Å². The summed E-state index contributed by atoms with van der Waals surface area (Å²) < 4.78 is 5.45. The van der Waals surface area contributed by atoms with Gasteiger partial charge in [0.25, 0.3) is 11.8 Å². The Morgan fingerprint density at radius 3 is 2.15 bits per heavy atom. The highest BCUT2D eigenvalue weighted by atomic mass is 16.5. The molecule has 2 aromatic carbocycles. The summed E-state index contributed by atoms with van der Waals surface area (Å²) in [7, 11) is 0. The first-order chi connectivity index (χ1) is 12.6. The number of unbranched alkanes of at least 4 members (excludes halogenated alkanes) is 3. The van der Waals surface area contributed by atoms with Crippen molar-refractivity contribution in [1.82, 2.24) is 0 Å². The topological polar surface area (TPSA) is 63.7 Å². The Morgan fingerprint density at radius 1 is 0.885 bits per heavy atom. The van der Waals surface area contributed by atoms with E-state index in [2.05, 4.69) is 6.92 Å². The molecule has 134 valence electrons. The zero-order chi connectivity index (χ0) is 18.5. The molecule has 0 fully saturated rings. The van der Waals surface area contributed by atoms with Crippen LogP contribution in [0.5, 0.6) is 5.75 Å². The molecule has 0 unspecified atom stereocenters. The van der Waals surface area contributed by atoms with E-state index in [4.69, 9.17) is 4.74 Å². The molecule has 2 aromatic rings. The van der Waals surface area contributed by atoms with Gasteiger partial charge in [-0.15, -0.1) is 0 Å². The lowest BCUT2D eigenvalue weighted by Gasteiger charge is -2.17. The molecule has 0 aliphatic carbocycles. The average molecular weight is 351 g/mol. The SMILES string of the molecule is CCCCCCC(=O)Oc1ccccc1N1C(=O)c2ccccc2C1=O. The van der Waals surface area contributed by atoms with Crippen molar-refractivity contribution in [2.24, 2.45) is 0 Å². The highest BCUT2D eigenvalue weighted by Crippen LogP contribution is 2.34. The van der Waals surface area contributed by atoms with E-state index in [1.807, 2.05) is 0 Å². The van der Waals surface area contributed by atoms with Crippen LogP contribution in [0.1, 0.15) is 59.7 Å². The Labute approximate surface area is 152 Å². The molecule has 0 saturated heterocycles. The molecule has 1 aliphatic heterocycles. The van der Waals surface area contributed by atoms with Gasteiger partial charge in [-0.3, -0.25) is 14.4 Å². The quantitative estimate of drug-likeness (QED) is 0.322. The summed E-state index contributed by atoms with van der Waals surface area (Å²) in [5.41, 5.74) is 1.01. The summed E-state index contributed by atoms with van der Waals surface area (Å²) in [5, 5.41) is 0. The number of benzene rings is 2. The minimum Gasteiger partial charge on any atom is -0.424 e. The number of amides is 2. The fraction of sp³-hybridized carbons (Fsp3) is 0.286. The van der Waals surface area contributed by atoms with Crippen LogP contribution < -0.4 is 9.64 Å². The average Bonchev–Trinajstić information content (AvgIpc) is 2.91. The van der Waals surface area contributed by atoms with Crippen LogP contribution in [0.2, 0.25) is 0 Å². The molecule has 5 nitrogen and oxygen atoms in total. The number of hydrogen-bond donors (Lipinski definition) is 0. The Hall–Kier alpha value is -2.95. The molecule has 26 heavy (non-hydrogen) atoms. The lowest BCUT2D eigenvalue weighted by atomic mass is 10.1. The van der Waals surface area contributed by atoms with Crippen LogP contribution in [-0.2, 0) is 4.79 Å². The molecular weight excluding hydrogens is 330 g/mol. The van der Waals surface area contributed by atoms with Crippen LogP contribution in [0.4, 0.5) is 5.69 Å². The van der Waals surface area contributed by atoms with Gasteiger partial charge in [0.1, 0.15) is 0 Å². The van der Waals surface area contributed by atoms with Crippen molar-refractivity contribution in [1.29, 1.82) is 0 Å². The Balaban J connectivity index is 1.79. The van der Waals surface area contributed by atoms with Gasteiger partial charge in [-0.25, -0.2) is 4.90 Å². The number of rotatable bonds is 7. The minimum absolute atomic E-state index is 0.225. The van der Waals surface area contributed by atoms with Crippen LogP contribution in [-0.4, -0.2) is 17.8 Å². The Morgan fingerprint density at radius 2 is 1.50 bits per heavy atom. The van der Waals surface area contributed by atoms with Crippen molar-refractivity contribution < 1.29 is 19.1 Å². The molecule has 1 aliphatic rings. The maximum atomic E-state index is 12.7. The first-order valence-electron chi connectivity index (χ1n) is 8.91. The number of esters is 1. The van der Waals surface area contributed by atoms with Crippen LogP contribution in [0.25, 0.3) is 0 Å². The predicted molar refractivity (Wildman–Crippen MR) is 98.4 cm³/mol. The molecular formula is C21H21NO4. The molecule has 5 heteroatoms. The fourth-order valence-electron chi connectivity index (χ4n) is 3.01. The van der Waals surface area contributed by atoms with Gasteiger partial charge in [0.2, 0.25) is 0 Å². The Bertz CT molecular complexity index is 808. The van der Waals surface area contributed by atoms with E-state index in [0.717, 1.165) is 30.6 Å². The zero-order valence-electron chi connectivity index (χ0n) is 14.7. The van der Waals surface area contributed by atoms with Gasteiger partial charge in [-0.05, 0) is 30.7 Å². The van der Waals surface area contributed by atoms with Gasteiger partial charge in [-0.1, -0.05) is 50.5 Å².